The number of sulfonamides is 1. The third kappa shape index (κ3) is 8.65. The third-order valence-electron chi connectivity index (χ3n) is 5.03. The van der Waals surface area contributed by atoms with Gasteiger partial charge in [0.2, 0.25) is 10.0 Å². The standard InChI is InChI=1S/C26H29N5O5S2/c1-26(2,3)36-25(33)30-11-10-28-23(32)20-8-5-9-21(16-20)38(34,35)31-22(24-29-12-13-37-24)15-18-6-4-7-19(14-18)17-27/h4-9,12-14,16,22,31H,10-11,15H2,1-3H3,(H,28,32)(H,30,33). The van der Waals surface area contributed by atoms with Crippen LogP contribution in [0.1, 0.15) is 53.3 Å². The number of hydrogen-bond acceptors (Lipinski definition) is 8. The highest BCUT2D eigenvalue weighted by molar-refractivity contribution is 7.89. The molecule has 0 saturated heterocycles. The minimum atomic E-state index is -4.03. The SMILES string of the molecule is CC(C)(C)OC(=O)NCCNC(=O)c1cccc(S(=O)(=O)NC(Cc2cccc(C#N)c2)c2nccs2)c1. The largest absolute Gasteiger partial charge is 0.444 e. The average Bonchev–Trinajstić information content (AvgIpc) is 3.40. The van der Waals surface area contributed by atoms with Crippen molar-refractivity contribution in [2.45, 2.75) is 43.7 Å². The van der Waals surface area contributed by atoms with Gasteiger partial charge in [-0.15, -0.1) is 11.3 Å². The van der Waals surface area contributed by atoms with E-state index in [1.165, 1.54) is 35.6 Å². The molecule has 0 aliphatic heterocycles. The zero-order chi connectivity index (χ0) is 27.8. The first-order valence-electron chi connectivity index (χ1n) is 11.7. The Bertz CT molecular complexity index is 1410. The normalized spacial score (nSPS) is 12.3. The molecule has 1 atom stereocenters. The average molecular weight is 556 g/mol. The maximum absolute atomic E-state index is 13.3. The Morgan fingerprint density at radius 3 is 2.53 bits per heavy atom. The molecule has 0 fully saturated rings. The number of hydrogen-bond donors (Lipinski definition) is 3. The van der Waals surface area contributed by atoms with Gasteiger partial charge in [0.25, 0.3) is 5.91 Å². The molecule has 10 nitrogen and oxygen atoms in total. The quantitative estimate of drug-likeness (QED) is 0.324. The summed E-state index contributed by atoms with van der Waals surface area (Å²) in [6, 6.07) is 14.0. The summed E-state index contributed by atoms with van der Waals surface area (Å²) in [5.74, 6) is -0.488. The molecule has 1 unspecified atom stereocenters. The predicted octanol–water partition coefficient (Wildman–Crippen LogP) is 3.53. The van der Waals surface area contributed by atoms with Crippen LogP contribution in [0.3, 0.4) is 0 Å². The van der Waals surface area contributed by atoms with Crippen LogP contribution in [0.5, 0.6) is 0 Å². The first kappa shape index (κ1) is 28.8. The number of thiazole rings is 1. The first-order chi connectivity index (χ1) is 18.0. The van der Waals surface area contributed by atoms with Crippen molar-refractivity contribution in [3.05, 3.63) is 81.8 Å². The van der Waals surface area contributed by atoms with E-state index in [1.54, 1.807) is 50.5 Å². The van der Waals surface area contributed by atoms with Gasteiger partial charge in [0.05, 0.1) is 22.6 Å². The summed E-state index contributed by atoms with van der Waals surface area (Å²) in [4.78, 5) is 28.5. The fourth-order valence-electron chi connectivity index (χ4n) is 3.41. The Balaban J connectivity index is 1.68. The second-order valence-corrected chi connectivity index (χ2v) is 11.9. The van der Waals surface area contributed by atoms with E-state index in [-0.39, 0.29) is 30.0 Å². The highest BCUT2D eigenvalue weighted by Crippen LogP contribution is 2.24. The number of rotatable bonds is 10. The lowest BCUT2D eigenvalue weighted by atomic mass is 10.0. The van der Waals surface area contributed by atoms with Gasteiger partial charge in [-0.2, -0.15) is 5.26 Å². The lowest BCUT2D eigenvalue weighted by Crippen LogP contribution is -2.37. The summed E-state index contributed by atoms with van der Waals surface area (Å²) >= 11 is 1.31. The van der Waals surface area contributed by atoms with Crippen LogP contribution in [0.15, 0.2) is 65.0 Å². The van der Waals surface area contributed by atoms with E-state index in [9.17, 15) is 23.3 Å². The molecular weight excluding hydrogens is 526 g/mol. The van der Waals surface area contributed by atoms with E-state index in [4.69, 9.17) is 4.74 Å². The minimum Gasteiger partial charge on any atom is -0.444 e. The summed E-state index contributed by atoms with van der Waals surface area (Å²) in [5.41, 5.74) is 0.771. The van der Waals surface area contributed by atoms with Crippen LogP contribution in [-0.2, 0) is 21.2 Å². The topological polar surface area (TPSA) is 150 Å². The molecule has 2 aromatic carbocycles. The second kappa shape index (κ2) is 12.6. The van der Waals surface area contributed by atoms with Crippen molar-refractivity contribution in [1.82, 2.24) is 20.3 Å². The maximum atomic E-state index is 13.3. The van der Waals surface area contributed by atoms with Gasteiger partial charge in [-0.05, 0) is 63.1 Å². The second-order valence-electron chi connectivity index (χ2n) is 9.27. The number of nitrogens with zero attached hydrogens (tertiary/aromatic N) is 2. The van der Waals surface area contributed by atoms with Crippen molar-refractivity contribution in [3.8, 4) is 6.07 Å². The molecule has 0 saturated carbocycles. The fraction of sp³-hybridized carbons (Fsp3) is 0.308. The molecule has 1 aromatic heterocycles. The van der Waals surface area contributed by atoms with E-state index in [0.717, 1.165) is 5.56 Å². The van der Waals surface area contributed by atoms with Crippen LogP contribution in [-0.4, -0.2) is 44.1 Å². The van der Waals surface area contributed by atoms with E-state index >= 15 is 0 Å². The van der Waals surface area contributed by atoms with Gasteiger partial charge >= 0.3 is 6.09 Å². The van der Waals surface area contributed by atoms with Gasteiger partial charge in [-0.3, -0.25) is 4.79 Å². The van der Waals surface area contributed by atoms with Crippen molar-refractivity contribution >= 4 is 33.4 Å². The summed E-state index contributed by atoms with van der Waals surface area (Å²) in [6.45, 7) is 5.50. The van der Waals surface area contributed by atoms with E-state index in [2.05, 4.69) is 26.4 Å². The number of alkyl carbamates (subject to hydrolysis) is 1. The van der Waals surface area contributed by atoms with Gasteiger partial charge in [0.15, 0.2) is 0 Å². The fourth-order valence-corrected chi connectivity index (χ4v) is 5.42. The van der Waals surface area contributed by atoms with E-state index < -0.39 is 33.7 Å². The Morgan fingerprint density at radius 2 is 1.84 bits per heavy atom. The number of aromatic nitrogens is 1. The van der Waals surface area contributed by atoms with Crippen LogP contribution in [0.2, 0.25) is 0 Å². The first-order valence-corrected chi connectivity index (χ1v) is 14.1. The van der Waals surface area contributed by atoms with Crippen molar-refractivity contribution in [3.63, 3.8) is 0 Å². The van der Waals surface area contributed by atoms with Crippen molar-refractivity contribution in [2.24, 2.45) is 0 Å². The van der Waals surface area contributed by atoms with Crippen LogP contribution in [0.4, 0.5) is 4.79 Å². The maximum Gasteiger partial charge on any atom is 0.407 e. The molecule has 0 aliphatic carbocycles. The van der Waals surface area contributed by atoms with Gasteiger partial charge in [0, 0.05) is 30.2 Å². The molecule has 0 aliphatic rings. The highest BCUT2D eigenvalue weighted by Gasteiger charge is 2.24. The molecule has 38 heavy (non-hydrogen) atoms. The zero-order valence-corrected chi connectivity index (χ0v) is 22.9. The van der Waals surface area contributed by atoms with Crippen LogP contribution in [0.25, 0.3) is 0 Å². The molecule has 3 aromatic rings. The lowest BCUT2D eigenvalue weighted by molar-refractivity contribution is 0.0526. The Hall–Kier alpha value is -3.79. The number of carbonyl (C=O) groups is 2. The highest BCUT2D eigenvalue weighted by atomic mass is 32.2. The number of benzene rings is 2. The molecule has 200 valence electrons. The number of nitriles is 1. The Kier molecular flexibility index (Phi) is 9.57. The Labute approximate surface area is 226 Å². The molecule has 2 amide bonds. The molecule has 0 radical (unpaired) electrons. The molecule has 3 N–H and O–H groups in total. The van der Waals surface area contributed by atoms with Gasteiger partial charge in [-0.25, -0.2) is 22.9 Å². The molecule has 12 heteroatoms. The Morgan fingerprint density at radius 1 is 1.11 bits per heavy atom. The smallest absolute Gasteiger partial charge is 0.407 e. The predicted molar refractivity (Wildman–Crippen MR) is 143 cm³/mol. The van der Waals surface area contributed by atoms with Crippen molar-refractivity contribution in [2.75, 3.05) is 13.1 Å². The van der Waals surface area contributed by atoms with Gasteiger partial charge in [0.1, 0.15) is 10.6 Å². The van der Waals surface area contributed by atoms with Gasteiger partial charge in [-0.1, -0.05) is 18.2 Å². The summed E-state index contributed by atoms with van der Waals surface area (Å²) in [7, 11) is -4.03. The van der Waals surface area contributed by atoms with Crippen LogP contribution in [0, 0.1) is 11.3 Å². The molecule has 0 spiro atoms. The molecule has 3 rings (SSSR count). The lowest BCUT2D eigenvalue weighted by Gasteiger charge is -2.19. The summed E-state index contributed by atoms with van der Waals surface area (Å²) in [5, 5.41) is 16.7. The summed E-state index contributed by atoms with van der Waals surface area (Å²) < 4.78 is 34.4. The number of carbonyl (C=O) groups excluding carboxylic acids is 2. The molecule has 1 heterocycles. The number of amides is 2. The number of ether oxygens (including phenoxy) is 1. The summed E-state index contributed by atoms with van der Waals surface area (Å²) in [6.07, 6.45) is 1.28. The van der Waals surface area contributed by atoms with Crippen LogP contribution < -0.4 is 15.4 Å². The monoisotopic (exact) mass is 555 g/mol. The molecular formula is C26H29N5O5S2. The van der Waals surface area contributed by atoms with E-state index in [0.29, 0.717) is 10.6 Å². The molecule has 0 bridgehead atoms. The van der Waals surface area contributed by atoms with Crippen LogP contribution >= 0.6 is 11.3 Å². The van der Waals surface area contributed by atoms with E-state index in [1.807, 2.05) is 6.07 Å². The van der Waals surface area contributed by atoms with Crippen molar-refractivity contribution in [1.29, 1.82) is 5.26 Å². The third-order valence-corrected chi connectivity index (χ3v) is 7.39. The van der Waals surface area contributed by atoms with Crippen molar-refractivity contribution < 1.29 is 22.7 Å². The van der Waals surface area contributed by atoms with Gasteiger partial charge < -0.3 is 15.4 Å². The zero-order valence-electron chi connectivity index (χ0n) is 21.2. The number of nitrogens with one attached hydrogen (secondary N) is 3. The minimum absolute atomic E-state index is 0.0793.